The molecule has 0 unspecified atom stereocenters. The van der Waals surface area contributed by atoms with Crippen LogP contribution < -0.4 is 4.90 Å². The zero-order valence-corrected chi connectivity index (χ0v) is 13.8. The lowest BCUT2D eigenvalue weighted by molar-refractivity contribution is -0.138. The molecule has 0 bridgehead atoms. The molecule has 0 N–H and O–H groups in total. The second kappa shape index (κ2) is 7.30. The zero-order chi connectivity index (χ0) is 18.7. The Hall–Kier alpha value is -2.66. The molecule has 3 rings (SSSR count). The predicted molar refractivity (Wildman–Crippen MR) is 87.8 cm³/mol. The van der Waals surface area contributed by atoms with Gasteiger partial charge >= 0.3 is 6.18 Å². The molecule has 0 aliphatic carbocycles. The van der Waals surface area contributed by atoms with Gasteiger partial charge in [0.2, 0.25) is 0 Å². The van der Waals surface area contributed by atoms with E-state index in [0.29, 0.717) is 50.6 Å². The van der Waals surface area contributed by atoms with Gasteiger partial charge in [-0.1, -0.05) is 12.1 Å². The Kier molecular flexibility index (Phi) is 5.09. The minimum Gasteiger partial charge on any atom is -0.352 e. The molecule has 1 aliphatic heterocycles. The Morgan fingerprint density at radius 3 is 2.27 bits per heavy atom. The Bertz CT molecular complexity index is 803. The average Bonchev–Trinajstić information content (AvgIpc) is 2.62. The second-order valence-corrected chi connectivity index (χ2v) is 6.10. The first-order valence-electron chi connectivity index (χ1n) is 8.06. The van der Waals surface area contributed by atoms with Gasteiger partial charge in [0.1, 0.15) is 0 Å². The Labute approximate surface area is 148 Å². The lowest BCUT2D eigenvalue weighted by Crippen LogP contribution is -2.46. The molecule has 0 saturated carbocycles. The van der Waals surface area contributed by atoms with Crippen LogP contribution in [0.4, 0.5) is 23.4 Å². The fraction of sp³-hybridized carbons (Fsp3) is 0.333. The van der Waals surface area contributed by atoms with Gasteiger partial charge in [0.05, 0.1) is 17.2 Å². The highest BCUT2D eigenvalue weighted by molar-refractivity contribution is 5.42. The topological polar surface area (TPSA) is 43.2 Å². The van der Waals surface area contributed by atoms with Crippen LogP contribution in [0.3, 0.4) is 0 Å². The number of anilines is 1. The number of alkyl halides is 3. The number of halogens is 4. The van der Waals surface area contributed by atoms with Crippen molar-refractivity contribution in [3.8, 4) is 6.07 Å². The number of rotatable bonds is 3. The zero-order valence-electron chi connectivity index (χ0n) is 13.8. The fourth-order valence-electron chi connectivity index (χ4n) is 2.88. The quantitative estimate of drug-likeness (QED) is 0.783. The number of pyridine rings is 1. The van der Waals surface area contributed by atoms with Crippen molar-refractivity contribution in [2.75, 3.05) is 31.1 Å². The first kappa shape index (κ1) is 18.1. The molecule has 1 aromatic carbocycles. The number of aromatic nitrogens is 1. The summed E-state index contributed by atoms with van der Waals surface area (Å²) in [6.45, 7) is 2.93. The van der Waals surface area contributed by atoms with Gasteiger partial charge in [0.25, 0.3) is 0 Å². The van der Waals surface area contributed by atoms with Gasteiger partial charge in [0, 0.05) is 38.9 Å². The van der Waals surface area contributed by atoms with Crippen LogP contribution in [0, 0.1) is 17.1 Å². The second-order valence-electron chi connectivity index (χ2n) is 6.10. The molecular formula is C18H16F4N4. The van der Waals surface area contributed by atoms with E-state index in [0.717, 1.165) is 5.56 Å². The highest BCUT2D eigenvalue weighted by Gasteiger charge is 2.32. The number of benzene rings is 1. The average molecular weight is 364 g/mol. The van der Waals surface area contributed by atoms with Crippen molar-refractivity contribution in [3.63, 3.8) is 0 Å². The number of hydrogen-bond acceptors (Lipinski definition) is 4. The maximum atomic E-state index is 14.0. The molecule has 8 heteroatoms. The van der Waals surface area contributed by atoms with E-state index in [1.54, 1.807) is 17.0 Å². The van der Waals surface area contributed by atoms with E-state index in [4.69, 9.17) is 5.26 Å². The highest BCUT2D eigenvalue weighted by atomic mass is 19.4. The Balaban J connectivity index is 1.60. The summed E-state index contributed by atoms with van der Waals surface area (Å²) in [7, 11) is 0. The standard InChI is InChI=1S/C18H16F4N4/c19-16-9-15(18(20,21)22)11-24-17(16)26-7-5-25(6-8-26)12-14-3-1-13(10-23)2-4-14/h1-4,9,11H,5-8,12H2. The molecule has 1 saturated heterocycles. The van der Waals surface area contributed by atoms with Crippen LogP contribution in [0.25, 0.3) is 0 Å². The molecule has 1 fully saturated rings. The molecular weight excluding hydrogens is 348 g/mol. The van der Waals surface area contributed by atoms with Crippen molar-refractivity contribution in [2.45, 2.75) is 12.7 Å². The van der Waals surface area contributed by atoms with Crippen molar-refractivity contribution in [2.24, 2.45) is 0 Å². The molecule has 1 aliphatic rings. The van der Waals surface area contributed by atoms with Crippen LogP contribution in [0.15, 0.2) is 36.5 Å². The summed E-state index contributed by atoms with van der Waals surface area (Å²) in [6.07, 6.45) is -3.94. The van der Waals surface area contributed by atoms with E-state index in [9.17, 15) is 17.6 Å². The van der Waals surface area contributed by atoms with Crippen LogP contribution in [-0.2, 0) is 12.7 Å². The maximum absolute atomic E-state index is 14.0. The SMILES string of the molecule is N#Cc1ccc(CN2CCN(c3ncc(C(F)(F)F)cc3F)CC2)cc1. The molecule has 0 atom stereocenters. The van der Waals surface area contributed by atoms with Gasteiger partial charge in [-0.2, -0.15) is 18.4 Å². The number of piperazine rings is 1. The largest absolute Gasteiger partial charge is 0.417 e. The minimum absolute atomic E-state index is 0.0453. The van der Waals surface area contributed by atoms with Crippen LogP contribution in [0.1, 0.15) is 16.7 Å². The van der Waals surface area contributed by atoms with Crippen LogP contribution in [0.2, 0.25) is 0 Å². The first-order valence-corrected chi connectivity index (χ1v) is 8.06. The van der Waals surface area contributed by atoms with Crippen molar-refractivity contribution in [1.82, 2.24) is 9.88 Å². The van der Waals surface area contributed by atoms with Crippen molar-refractivity contribution in [3.05, 3.63) is 59.0 Å². The molecule has 2 heterocycles. The third-order valence-electron chi connectivity index (χ3n) is 4.31. The monoisotopic (exact) mass is 364 g/mol. The summed E-state index contributed by atoms with van der Waals surface area (Å²) in [5, 5.41) is 8.81. The highest BCUT2D eigenvalue weighted by Crippen LogP contribution is 2.31. The fourth-order valence-corrected chi connectivity index (χ4v) is 2.88. The van der Waals surface area contributed by atoms with Crippen LogP contribution >= 0.6 is 0 Å². The van der Waals surface area contributed by atoms with E-state index >= 15 is 0 Å². The van der Waals surface area contributed by atoms with E-state index in [2.05, 4.69) is 16.0 Å². The molecule has 1 aromatic heterocycles. The minimum atomic E-state index is -4.60. The van der Waals surface area contributed by atoms with E-state index in [1.165, 1.54) is 0 Å². The normalized spacial score (nSPS) is 15.7. The number of nitriles is 1. The molecule has 0 spiro atoms. The molecule has 4 nitrogen and oxygen atoms in total. The van der Waals surface area contributed by atoms with Gasteiger partial charge < -0.3 is 4.90 Å². The smallest absolute Gasteiger partial charge is 0.352 e. The van der Waals surface area contributed by atoms with Gasteiger partial charge in [-0.25, -0.2) is 9.37 Å². The lowest BCUT2D eigenvalue weighted by Gasteiger charge is -2.35. The van der Waals surface area contributed by atoms with Gasteiger partial charge in [-0.05, 0) is 23.8 Å². The van der Waals surface area contributed by atoms with Gasteiger partial charge in [0.15, 0.2) is 11.6 Å². The van der Waals surface area contributed by atoms with Crippen LogP contribution in [-0.4, -0.2) is 36.1 Å². The summed E-state index contributed by atoms with van der Waals surface area (Å²) in [4.78, 5) is 7.50. The van der Waals surface area contributed by atoms with E-state index in [-0.39, 0.29) is 5.82 Å². The van der Waals surface area contributed by atoms with Gasteiger partial charge in [-0.15, -0.1) is 0 Å². The summed E-state index contributed by atoms with van der Waals surface area (Å²) in [5.41, 5.74) is 0.580. The summed E-state index contributed by atoms with van der Waals surface area (Å²) >= 11 is 0. The molecule has 26 heavy (non-hydrogen) atoms. The Morgan fingerprint density at radius 2 is 1.73 bits per heavy atom. The lowest BCUT2D eigenvalue weighted by atomic mass is 10.1. The molecule has 2 aromatic rings. The predicted octanol–water partition coefficient (Wildman–Crippen LogP) is 3.43. The summed E-state index contributed by atoms with van der Waals surface area (Å²) < 4.78 is 51.8. The van der Waals surface area contributed by atoms with E-state index < -0.39 is 17.6 Å². The van der Waals surface area contributed by atoms with Gasteiger partial charge in [-0.3, -0.25) is 4.90 Å². The van der Waals surface area contributed by atoms with Crippen molar-refractivity contribution >= 4 is 5.82 Å². The first-order chi connectivity index (χ1) is 12.4. The summed E-state index contributed by atoms with van der Waals surface area (Å²) in [6, 6.07) is 9.85. The number of hydrogen-bond donors (Lipinski definition) is 0. The third-order valence-corrected chi connectivity index (χ3v) is 4.31. The van der Waals surface area contributed by atoms with Crippen LogP contribution in [0.5, 0.6) is 0 Å². The molecule has 136 valence electrons. The van der Waals surface area contributed by atoms with E-state index in [1.807, 2.05) is 12.1 Å². The summed E-state index contributed by atoms with van der Waals surface area (Å²) in [5.74, 6) is -1.00. The maximum Gasteiger partial charge on any atom is 0.417 e. The molecule has 0 amide bonds. The van der Waals surface area contributed by atoms with Crippen molar-refractivity contribution < 1.29 is 17.6 Å². The third kappa shape index (κ3) is 4.11. The number of nitrogens with zero attached hydrogens (tertiary/aromatic N) is 4. The Morgan fingerprint density at radius 1 is 1.08 bits per heavy atom. The molecule has 0 radical (unpaired) electrons. The van der Waals surface area contributed by atoms with Crippen molar-refractivity contribution in [1.29, 1.82) is 5.26 Å².